The molecule has 0 bridgehead atoms. The zero-order valence-corrected chi connectivity index (χ0v) is 17.1. The highest BCUT2D eigenvalue weighted by Gasteiger charge is 2.57. The normalized spacial score (nSPS) is 32.1. The molecule has 5 unspecified atom stereocenters. The first-order chi connectivity index (χ1) is 13.4. The number of phenolic OH excluding ortho intramolecular Hbond substituents is 1. The van der Waals surface area contributed by atoms with Crippen molar-refractivity contribution in [1.29, 1.82) is 0 Å². The highest BCUT2D eigenvalue weighted by atomic mass is 16.5. The van der Waals surface area contributed by atoms with E-state index in [0.717, 1.165) is 31.4 Å². The predicted molar refractivity (Wildman–Crippen MR) is 114 cm³/mol. The van der Waals surface area contributed by atoms with Gasteiger partial charge in [0.1, 0.15) is 6.10 Å². The molecule has 1 fully saturated rings. The van der Waals surface area contributed by atoms with Crippen LogP contribution < -0.4 is 15.8 Å². The molecule has 1 heterocycles. The summed E-state index contributed by atoms with van der Waals surface area (Å²) in [5, 5.41) is 14.2. The van der Waals surface area contributed by atoms with Gasteiger partial charge in [-0.25, -0.2) is 0 Å². The van der Waals surface area contributed by atoms with E-state index < -0.39 is 0 Å². The number of ether oxygens (including phenoxy) is 1. The fraction of sp³-hybridized carbons (Fsp3) is 0.500. The topological polar surface area (TPSA) is 67.5 Å². The molecule has 4 nitrogen and oxygen atoms in total. The van der Waals surface area contributed by atoms with Crippen molar-refractivity contribution in [1.82, 2.24) is 5.32 Å². The fourth-order valence-electron chi connectivity index (χ4n) is 5.57. The number of benzene rings is 1. The Kier molecular flexibility index (Phi) is 5.11. The Morgan fingerprint density at radius 1 is 1.32 bits per heavy atom. The molecule has 1 aliphatic heterocycles. The van der Waals surface area contributed by atoms with Crippen molar-refractivity contribution in [2.75, 3.05) is 6.54 Å². The average molecular weight is 381 g/mol. The largest absolute Gasteiger partial charge is 0.504 e. The van der Waals surface area contributed by atoms with Crippen LogP contribution in [0.5, 0.6) is 11.5 Å². The standard InChI is InChI=1S/C24H32N2O2/c1-15-10-13-20(27)22-21(15)24(3)18(16(2)25)11-12-19(23(24)28-22)26-14-17-8-6-4-5-7-9-17/h4,6-10,13,16,18-19,23,26-27H,5,11-12,14,25H2,1-3H3. The van der Waals surface area contributed by atoms with Gasteiger partial charge in [-0.2, -0.15) is 0 Å². The van der Waals surface area contributed by atoms with E-state index in [1.807, 2.05) is 6.07 Å². The molecule has 0 spiro atoms. The maximum absolute atomic E-state index is 10.5. The first-order valence-corrected chi connectivity index (χ1v) is 10.4. The summed E-state index contributed by atoms with van der Waals surface area (Å²) in [6.45, 7) is 7.30. The molecule has 5 atom stereocenters. The smallest absolute Gasteiger partial charge is 0.165 e. The van der Waals surface area contributed by atoms with Crippen LogP contribution in [0.3, 0.4) is 0 Å². The summed E-state index contributed by atoms with van der Waals surface area (Å²) in [5.41, 5.74) is 9.82. The molecule has 3 aliphatic rings. The minimum atomic E-state index is -0.212. The molecule has 0 saturated heterocycles. The summed E-state index contributed by atoms with van der Waals surface area (Å²) in [7, 11) is 0. The Labute approximate surface area is 168 Å². The molecule has 4 heteroatoms. The highest BCUT2D eigenvalue weighted by Crippen LogP contribution is 2.57. The summed E-state index contributed by atoms with van der Waals surface area (Å²) in [5.74, 6) is 1.21. The Balaban J connectivity index is 1.65. The lowest BCUT2D eigenvalue weighted by Gasteiger charge is -2.48. The highest BCUT2D eigenvalue weighted by molar-refractivity contribution is 5.58. The van der Waals surface area contributed by atoms with Crippen LogP contribution in [0.15, 0.2) is 48.1 Å². The number of nitrogens with one attached hydrogen (secondary N) is 1. The summed E-state index contributed by atoms with van der Waals surface area (Å²) >= 11 is 0. The number of aryl methyl sites for hydroxylation is 1. The maximum Gasteiger partial charge on any atom is 0.165 e. The number of hydrogen-bond donors (Lipinski definition) is 3. The van der Waals surface area contributed by atoms with Crippen molar-refractivity contribution in [2.45, 2.75) is 63.6 Å². The molecule has 0 radical (unpaired) electrons. The molecule has 28 heavy (non-hydrogen) atoms. The Bertz CT molecular complexity index is 839. The zero-order chi connectivity index (χ0) is 19.9. The molecule has 4 N–H and O–H groups in total. The van der Waals surface area contributed by atoms with E-state index in [0.29, 0.717) is 11.7 Å². The minimum absolute atomic E-state index is 0.0369. The molecular weight excluding hydrogens is 348 g/mol. The first kappa shape index (κ1) is 19.3. The van der Waals surface area contributed by atoms with Crippen LogP contribution in [0.2, 0.25) is 0 Å². The van der Waals surface area contributed by atoms with Crippen molar-refractivity contribution < 1.29 is 9.84 Å². The third kappa shape index (κ3) is 3.09. The Morgan fingerprint density at radius 3 is 2.93 bits per heavy atom. The van der Waals surface area contributed by atoms with Gasteiger partial charge >= 0.3 is 0 Å². The number of rotatable bonds is 4. The number of aromatic hydroxyl groups is 1. The van der Waals surface area contributed by atoms with E-state index in [-0.39, 0.29) is 29.4 Å². The minimum Gasteiger partial charge on any atom is -0.504 e. The van der Waals surface area contributed by atoms with Gasteiger partial charge in [0.05, 0.1) is 0 Å². The summed E-state index contributed by atoms with van der Waals surface area (Å²) in [6.07, 6.45) is 13.9. The van der Waals surface area contributed by atoms with Crippen LogP contribution in [-0.2, 0) is 5.41 Å². The van der Waals surface area contributed by atoms with Gasteiger partial charge in [-0.1, -0.05) is 43.4 Å². The maximum atomic E-state index is 10.5. The van der Waals surface area contributed by atoms with Crippen LogP contribution in [0, 0.1) is 12.8 Å². The molecule has 1 saturated carbocycles. The Morgan fingerprint density at radius 2 is 2.14 bits per heavy atom. The van der Waals surface area contributed by atoms with Crippen molar-refractivity contribution in [2.24, 2.45) is 11.7 Å². The molecule has 0 amide bonds. The van der Waals surface area contributed by atoms with Gasteiger partial charge in [-0.3, -0.25) is 0 Å². The molecule has 150 valence electrons. The van der Waals surface area contributed by atoms with Gasteiger partial charge in [0.25, 0.3) is 0 Å². The summed E-state index contributed by atoms with van der Waals surface area (Å²) in [4.78, 5) is 0. The van der Waals surface area contributed by atoms with E-state index in [9.17, 15) is 5.11 Å². The Hall–Kier alpha value is -2.04. The molecule has 1 aromatic carbocycles. The second kappa shape index (κ2) is 7.41. The molecular formula is C24H32N2O2. The lowest BCUT2D eigenvalue weighted by atomic mass is 9.59. The van der Waals surface area contributed by atoms with Crippen molar-refractivity contribution in [3.05, 3.63) is 59.2 Å². The zero-order valence-electron chi connectivity index (χ0n) is 17.1. The summed E-state index contributed by atoms with van der Waals surface area (Å²) < 4.78 is 6.46. The number of hydrogen-bond acceptors (Lipinski definition) is 4. The lowest BCUT2D eigenvalue weighted by Crippen LogP contribution is -2.60. The van der Waals surface area contributed by atoms with E-state index >= 15 is 0 Å². The number of phenols is 1. The number of nitrogens with two attached hydrogens (primary N) is 1. The van der Waals surface area contributed by atoms with Crippen LogP contribution in [0.4, 0.5) is 0 Å². The van der Waals surface area contributed by atoms with Gasteiger partial charge < -0.3 is 20.9 Å². The van der Waals surface area contributed by atoms with Gasteiger partial charge in [-0.05, 0) is 56.2 Å². The van der Waals surface area contributed by atoms with E-state index in [1.54, 1.807) is 6.07 Å². The van der Waals surface area contributed by atoms with Crippen molar-refractivity contribution >= 4 is 0 Å². The predicted octanol–water partition coefficient (Wildman–Crippen LogP) is 3.88. The first-order valence-electron chi connectivity index (χ1n) is 10.4. The fourth-order valence-corrected chi connectivity index (χ4v) is 5.57. The van der Waals surface area contributed by atoms with Crippen molar-refractivity contribution in [3.63, 3.8) is 0 Å². The van der Waals surface area contributed by atoms with Gasteiger partial charge in [0, 0.05) is 29.6 Å². The van der Waals surface area contributed by atoms with Gasteiger partial charge in [-0.15, -0.1) is 0 Å². The van der Waals surface area contributed by atoms with Gasteiger partial charge in [0.15, 0.2) is 11.5 Å². The SMILES string of the molecule is Cc1ccc(O)c2c1C1(C)C(C(C)N)CCC(NCC3=CC=CCC=C3)C1O2. The molecule has 2 aliphatic carbocycles. The van der Waals surface area contributed by atoms with Crippen LogP contribution in [0.1, 0.15) is 44.2 Å². The third-order valence-corrected chi connectivity index (χ3v) is 6.90. The lowest BCUT2D eigenvalue weighted by molar-refractivity contribution is 0.0263. The monoisotopic (exact) mass is 380 g/mol. The van der Waals surface area contributed by atoms with Crippen LogP contribution in [0.25, 0.3) is 0 Å². The summed E-state index contributed by atoms with van der Waals surface area (Å²) in [6, 6.07) is 4.02. The van der Waals surface area contributed by atoms with Crippen LogP contribution >= 0.6 is 0 Å². The third-order valence-electron chi connectivity index (χ3n) is 6.90. The second-order valence-electron chi connectivity index (χ2n) is 8.77. The van der Waals surface area contributed by atoms with Crippen molar-refractivity contribution in [3.8, 4) is 11.5 Å². The molecule has 4 rings (SSSR count). The van der Waals surface area contributed by atoms with E-state index in [2.05, 4.69) is 56.5 Å². The van der Waals surface area contributed by atoms with E-state index in [4.69, 9.17) is 10.5 Å². The quantitative estimate of drug-likeness (QED) is 0.742. The number of fused-ring (bicyclic) bond motifs is 3. The van der Waals surface area contributed by atoms with Gasteiger partial charge in [0.2, 0.25) is 0 Å². The second-order valence-corrected chi connectivity index (χ2v) is 8.77. The van der Waals surface area contributed by atoms with Crippen LogP contribution in [-0.4, -0.2) is 29.8 Å². The molecule has 0 aromatic heterocycles. The van der Waals surface area contributed by atoms with E-state index in [1.165, 1.54) is 11.1 Å². The molecule has 1 aromatic rings. The average Bonchev–Trinajstić information content (AvgIpc) is 2.81. The number of allylic oxidation sites excluding steroid dienone is 4.